The molecule has 6 heteroatoms. The van der Waals surface area contributed by atoms with Crippen LogP contribution in [0.3, 0.4) is 0 Å². The van der Waals surface area contributed by atoms with Gasteiger partial charge in [-0.25, -0.2) is 0 Å². The van der Waals surface area contributed by atoms with Crippen molar-refractivity contribution in [1.82, 2.24) is 0 Å². The Morgan fingerprint density at radius 3 is 2.43 bits per heavy atom. The number of nitrogens with zero attached hydrogens (tertiary/aromatic N) is 1. The molecule has 3 aromatic carbocycles. The van der Waals surface area contributed by atoms with Crippen molar-refractivity contribution in [3.8, 4) is 11.5 Å². The number of ether oxygens (including phenoxy) is 2. The summed E-state index contributed by atoms with van der Waals surface area (Å²) in [4.78, 5) is 4.46. The normalized spacial score (nSPS) is 11.0. The van der Waals surface area contributed by atoms with Crippen LogP contribution < -0.4 is 9.47 Å². The second-order valence-corrected chi connectivity index (χ2v) is 7.87. The minimum absolute atomic E-state index is 0.388. The molecule has 0 aromatic heterocycles. The van der Waals surface area contributed by atoms with Crippen molar-refractivity contribution >= 4 is 51.0 Å². The molecule has 0 saturated heterocycles. The average molecular weight is 479 g/mol. The lowest BCUT2D eigenvalue weighted by atomic mass is 10.2. The van der Waals surface area contributed by atoms with Crippen LogP contribution in [0, 0.1) is 6.92 Å². The van der Waals surface area contributed by atoms with Crippen molar-refractivity contribution < 1.29 is 9.47 Å². The zero-order valence-electron chi connectivity index (χ0n) is 15.4. The standard InChI is InChI=1S/C22H18BrCl2NO2/c1-14-3-8-18(11-19(14)24)26-12-16-9-20(25)22(21(10-16)27-2)28-13-15-4-6-17(23)7-5-15/h3-12H,13H2,1-2H3. The largest absolute Gasteiger partial charge is 0.493 e. The quantitative estimate of drug-likeness (QED) is 0.345. The van der Waals surface area contributed by atoms with Gasteiger partial charge in [0.15, 0.2) is 11.5 Å². The fourth-order valence-corrected chi connectivity index (χ4v) is 3.21. The van der Waals surface area contributed by atoms with E-state index in [1.807, 2.05) is 55.5 Å². The topological polar surface area (TPSA) is 30.8 Å². The van der Waals surface area contributed by atoms with Gasteiger partial charge >= 0.3 is 0 Å². The third-order valence-corrected chi connectivity index (χ3v) is 5.28. The van der Waals surface area contributed by atoms with Gasteiger partial charge in [0.05, 0.1) is 17.8 Å². The molecule has 3 rings (SSSR count). The predicted octanol–water partition coefficient (Wildman–Crippen LogP) is 7.40. The van der Waals surface area contributed by atoms with Gasteiger partial charge in [-0.2, -0.15) is 0 Å². The van der Waals surface area contributed by atoms with Gasteiger partial charge in [-0.3, -0.25) is 4.99 Å². The number of benzene rings is 3. The third kappa shape index (κ3) is 5.28. The van der Waals surface area contributed by atoms with E-state index in [2.05, 4.69) is 20.9 Å². The molecule has 0 spiro atoms. The van der Waals surface area contributed by atoms with Crippen molar-refractivity contribution in [2.45, 2.75) is 13.5 Å². The summed E-state index contributed by atoms with van der Waals surface area (Å²) in [7, 11) is 1.58. The Morgan fingerprint density at radius 1 is 1.00 bits per heavy atom. The van der Waals surface area contributed by atoms with Crippen molar-refractivity contribution in [1.29, 1.82) is 0 Å². The number of aryl methyl sites for hydroxylation is 1. The first-order valence-corrected chi connectivity index (χ1v) is 10.1. The van der Waals surface area contributed by atoms with E-state index in [-0.39, 0.29) is 0 Å². The lowest BCUT2D eigenvalue weighted by Crippen LogP contribution is -1.99. The molecule has 0 aliphatic heterocycles. The van der Waals surface area contributed by atoms with Crippen LogP contribution in [-0.2, 0) is 6.61 Å². The van der Waals surface area contributed by atoms with Crippen LogP contribution in [0.2, 0.25) is 10.0 Å². The second kappa shape index (κ2) is 9.46. The lowest BCUT2D eigenvalue weighted by molar-refractivity contribution is 0.284. The first-order valence-electron chi connectivity index (χ1n) is 8.51. The van der Waals surface area contributed by atoms with E-state index in [9.17, 15) is 0 Å². The Balaban J connectivity index is 1.79. The number of aliphatic imine (C=N–C) groups is 1. The van der Waals surface area contributed by atoms with Crippen LogP contribution >= 0.6 is 39.1 Å². The fourth-order valence-electron chi connectivity index (χ4n) is 2.50. The van der Waals surface area contributed by atoms with Crippen molar-refractivity contribution in [2.24, 2.45) is 4.99 Å². The van der Waals surface area contributed by atoms with E-state index in [0.717, 1.165) is 26.9 Å². The van der Waals surface area contributed by atoms with Crippen LogP contribution in [0.25, 0.3) is 0 Å². The first-order chi connectivity index (χ1) is 13.5. The monoisotopic (exact) mass is 477 g/mol. The van der Waals surface area contributed by atoms with Crippen molar-refractivity contribution in [2.75, 3.05) is 7.11 Å². The molecular weight excluding hydrogens is 461 g/mol. The molecular formula is C22H18BrCl2NO2. The smallest absolute Gasteiger partial charge is 0.180 e. The number of halogens is 3. The zero-order valence-corrected chi connectivity index (χ0v) is 18.5. The van der Waals surface area contributed by atoms with Gasteiger partial charge in [-0.15, -0.1) is 0 Å². The molecule has 0 heterocycles. The number of rotatable bonds is 6. The summed E-state index contributed by atoms with van der Waals surface area (Å²) in [6.45, 7) is 2.34. The highest BCUT2D eigenvalue weighted by atomic mass is 79.9. The maximum atomic E-state index is 6.44. The molecule has 3 aromatic rings. The van der Waals surface area contributed by atoms with E-state index in [0.29, 0.717) is 28.2 Å². The molecule has 0 N–H and O–H groups in total. The van der Waals surface area contributed by atoms with Gasteiger partial charge in [-0.1, -0.05) is 57.3 Å². The maximum Gasteiger partial charge on any atom is 0.180 e. The van der Waals surface area contributed by atoms with E-state index in [1.165, 1.54) is 0 Å². The lowest BCUT2D eigenvalue weighted by Gasteiger charge is -2.13. The van der Waals surface area contributed by atoms with Crippen molar-refractivity contribution in [3.05, 3.63) is 85.8 Å². The van der Waals surface area contributed by atoms with Gasteiger partial charge in [-0.05, 0) is 60.0 Å². The van der Waals surface area contributed by atoms with E-state index in [1.54, 1.807) is 19.4 Å². The summed E-state index contributed by atoms with van der Waals surface area (Å²) in [6.07, 6.45) is 1.72. The molecule has 0 bridgehead atoms. The Labute approximate surface area is 183 Å². The SMILES string of the molecule is COc1cc(C=Nc2ccc(C)c(Cl)c2)cc(Cl)c1OCc1ccc(Br)cc1. The molecule has 0 fully saturated rings. The molecule has 3 nitrogen and oxygen atoms in total. The average Bonchev–Trinajstić information content (AvgIpc) is 2.69. The van der Waals surface area contributed by atoms with Gasteiger partial charge in [0.2, 0.25) is 0 Å². The molecule has 0 unspecified atom stereocenters. The number of methoxy groups -OCH3 is 1. The first kappa shape index (κ1) is 20.7. The number of hydrogen-bond acceptors (Lipinski definition) is 3. The van der Waals surface area contributed by atoms with Crippen molar-refractivity contribution in [3.63, 3.8) is 0 Å². The highest BCUT2D eigenvalue weighted by Crippen LogP contribution is 2.37. The van der Waals surface area contributed by atoms with E-state index in [4.69, 9.17) is 32.7 Å². The second-order valence-electron chi connectivity index (χ2n) is 6.14. The Bertz CT molecular complexity index is 1000. The van der Waals surface area contributed by atoms with Crippen LogP contribution in [0.5, 0.6) is 11.5 Å². The van der Waals surface area contributed by atoms with Crippen LogP contribution in [0.15, 0.2) is 64.1 Å². The van der Waals surface area contributed by atoms with Crippen LogP contribution in [0.1, 0.15) is 16.7 Å². The molecule has 144 valence electrons. The zero-order chi connectivity index (χ0) is 20.1. The summed E-state index contributed by atoms with van der Waals surface area (Å²) < 4.78 is 12.4. The summed E-state index contributed by atoms with van der Waals surface area (Å²) >= 11 is 16.0. The maximum absolute atomic E-state index is 6.44. The Morgan fingerprint density at radius 2 is 1.75 bits per heavy atom. The molecule has 28 heavy (non-hydrogen) atoms. The summed E-state index contributed by atoms with van der Waals surface area (Å²) in [6, 6.07) is 17.2. The Kier molecular flexibility index (Phi) is 7.00. The van der Waals surface area contributed by atoms with Crippen LogP contribution in [0.4, 0.5) is 5.69 Å². The summed E-state index contributed by atoms with van der Waals surface area (Å²) in [5.41, 5.74) is 3.61. The molecule has 0 radical (unpaired) electrons. The molecule has 0 aliphatic carbocycles. The predicted molar refractivity (Wildman–Crippen MR) is 120 cm³/mol. The Hall–Kier alpha value is -2.01. The minimum Gasteiger partial charge on any atom is -0.493 e. The fraction of sp³-hybridized carbons (Fsp3) is 0.136. The van der Waals surface area contributed by atoms with Gasteiger partial charge in [0, 0.05) is 15.7 Å². The molecule has 0 aliphatic rings. The molecule has 0 amide bonds. The highest BCUT2D eigenvalue weighted by molar-refractivity contribution is 9.10. The van der Waals surface area contributed by atoms with Gasteiger partial charge in [0.1, 0.15) is 6.61 Å². The highest BCUT2D eigenvalue weighted by Gasteiger charge is 2.12. The van der Waals surface area contributed by atoms with E-state index < -0.39 is 0 Å². The summed E-state index contributed by atoms with van der Waals surface area (Å²) in [5.74, 6) is 1.05. The molecule has 0 atom stereocenters. The minimum atomic E-state index is 0.388. The number of hydrogen-bond donors (Lipinski definition) is 0. The summed E-state index contributed by atoms with van der Waals surface area (Å²) in [5, 5.41) is 1.14. The van der Waals surface area contributed by atoms with E-state index >= 15 is 0 Å². The van der Waals surface area contributed by atoms with Gasteiger partial charge in [0.25, 0.3) is 0 Å². The third-order valence-electron chi connectivity index (χ3n) is 4.07. The van der Waals surface area contributed by atoms with Gasteiger partial charge < -0.3 is 9.47 Å². The van der Waals surface area contributed by atoms with Crippen LogP contribution in [-0.4, -0.2) is 13.3 Å². The molecule has 0 saturated carbocycles.